The molecule has 2 N–H and O–H groups in total. The van der Waals surface area contributed by atoms with Crippen molar-refractivity contribution in [1.82, 2.24) is 0 Å². The lowest BCUT2D eigenvalue weighted by Gasteiger charge is -2.12. The first kappa shape index (κ1) is 18.6. The quantitative estimate of drug-likeness (QED) is 0.575. The van der Waals surface area contributed by atoms with Crippen LogP contribution in [0.15, 0.2) is 52.9 Å². The van der Waals surface area contributed by atoms with Gasteiger partial charge in [-0.25, -0.2) is 0 Å². The topological polar surface area (TPSA) is 63.5 Å². The summed E-state index contributed by atoms with van der Waals surface area (Å²) in [5.41, 5.74) is 3.27. The third-order valence-electron chi connectivity index (χ3n) is 5.41. The fraction of sp³-hybridized carbons (Fsp3) is 0.348. The van der Waals surface area contributed by atoms with Gasteiger partial charge >= 0.3 is 0 Å². The Morgan fingerprint density at radius 1 is 1.07 bits per heavy atom. The van der Waals surface area contributed by atoms with E-state index in [4.69, 9.17) is 9.15 Å². The molecule has 0 radical (unpaired) electrons. The number of furan rings is 1. The van der Waals surface area contributed by atoms with Crippen LogP contribution in [0.5, 0.6) is 0 Å². The van der Waals surface area contributed by atoms with E-state index in [0.29, 0.717) is 18.0 Å². The third-order valence-corrected chi connectivity index (χ3v) is 5.41. The van der Waals surface area contributed by atoms with Crippen molar-refractivity contribution < 1.29 is 13.9 Å². The van der Waals surface area contributed by atoms with Gasteiger partial charge in [-0.15, -0.1) is 0 Å². The number of para-hydroxylation sites is 1. The number of fused-ring (bicyclic) bond motifs is 1. The van der Waals surface area contributed by atoms with E-state index in [-0.39, 0.29) is 5.91 Å². The lowest BCUT2D eigenvalue weighted by molar-refractivity contribution is 0.0992. The lowest BCUT2D eigenvalue weighted by Crippen LogP contribution is -2.13. The summed E-state index contributed by atoms with van der Waals surface area (Å²) >= 11 is 0. The second-order valence-corrected chi connectivity index (χ2v) is 7.40. The van der Waals surface area contributed by atoms with E-state index in [0.717, 1.165) is 34.8 Å². The van der Waals surface area contributed by atoms with Crippen LogP contribution >= 0.6 is 0 Å². The van der Waals surface area contributed by atoms with Crippen LogP contribution < -0.4 is 10.6 Å². The molecule has 3 aromatic rings. The number of rotatable bonds is 7. The largest absolute Gasteiger partial charge is 0.451 e. The molecule has 0 bridgehead atoms. The number of carbonyl (C=O) groups is 1. The number of hydrogen-bond donors (Lipinski definition) is 2. The molecule has 0 atom stereocenters. The zero-order valence-electron chi connectivity index (χ0n) is 16.2. The molecule has 1 aliphatic carbocycles. The minimum Gasteiger partial charge on any atom is -0.451 e. The SMILES string of the molecule is COCc1c(C(=O)Nc2ccc(NCC3CCCC3)cc2)oc2ccccc12. The van der Waals surface area contributed by atoms with Crippen molar-refractivity contribution in [3.8, 4) is 0 Å². The first-order chi connectivity index (χ1) is 13.7. The lowest BCUT2D eigenvalue weighted by atomic mass is 10.1. The van der Waals surface area contributed by atoms with Crippen LogP contribution in [0.2, 0.25) is 0 Å². The first-order valence-electron chi connectivity index (χ1n) is 9.89. The third kappa shape index (κ3) is 4.04. The van der Waals surface area contributed by atoms with Gasteiger partial charge in [0.05, 0.1) is 6.61 Å². The number of amides is 1. The van der Waals surface area contributed by atoms with Gasteiger partial charge in [-0.3, -0.25) is 4.79 Å². The van der Waals surface area contributed by atoms with Crippen LogP contribution in [0, 0.1) is 5.92 Å². The summed E-state index contributed by atoms with van der Waals surface area (Å²) in [4.78, 5) is 12.8. The maximum Gasteiger partial charge on any atom is 0.291 e. The Bertz CT molecular complexity index is 940. The molecule has 0 saturated heterocycles. The molecule has 0 spiro atoms. The molecule has 4 rings (SSSR count). The molecule has 1 amide bonds. The Labute approximate surface area is 165 Å². The Balaban J connectivity index is 1.44. The zero-order chi connectivity index (χ0) is 19.3. The molecule has 0 aliphatic heterocycles. The number of ether oxygens (including phenoxy) is 1. The number of methoxy groups -OCH3 is 1. The molecule has 28 heavy (non-hydrogen) atoms. The molecule has 146 valence electrons. The van der Waals surface area contributed by atoms with E-state index in [1.165, 1.54) is 25.7 Å². The van der Waals surface area contributed by atoms with Gasteiger partial charge < -0.3 is 19.8 Å². The summed E-state index contributed by atoms with van der Waals surface area (Å²) in [6.07, 6.45) is 5.35. The van der Waals surface area contributed by atoms with Crippen LogP contribution in [-0.2, 0) is 11.3 Å². The van der Waals surface area contributed by atoms with Gasteiger partial charge in [0.1, 0.15) is 5.58 Å². The molecule has 2 aromatic carbocycles. The standard InChI is InChI=1S/C23H26N2O3/c1-27-15-20-19-8-4-5-9-21(19)28-22(20)23(26)25-18-12-10-17(11-13-18)24-14-16-6-2-3-7-16/h4-5,8-13,16,24H,2-3,6-7,14-15H2,1H3,(H,25,26). The Kier molecular flexibility index (Phi) is 5.63. The summed E-state index contributed by atoms with van der Waals surface area (Å²) < 4.78 is 11.1. The molecule has 5 heteroatoms. The number of benzene rings is 2. The van der Waals surface area contributed by atoms with Crippen molar-refractivity contribution in [3.63, 3.8) is 0 Å². The maximum atomic E-state index is 12.8. The summed E-state index contributed by atoms with van der Waals surface area (Å²) in [5, 5.41) is 7.32. The number of nitrogens with one attached hydrogen (secondary N) is 2. The highest BCUT2D eigenvalue weighted by Gasteiger charge is 2.20. The summed E-state index contributed by atoms with van der Waals surface area (Å²) in [6.45, 7) is 1.34. The monoisotopic (exact) mass is 378 g/mol. The predicted molar refractivity (Wildman–Crippen MR) is 112 cm³/mol. The van der Waals surface area contributed by atoms with Crippen molar-refractivity contribution in [2.75, 3.05) is 24.3 Å². The van der Waals surface area contributed by atoms with Crippen molar-refractivity contribution in [2.45, 2.75) is 32.3 Å². The predicted octanol–water partition coefficient (Wildman–Crippen LogP) is 5.43. The molecule has 1 aromatic heterocycles. The Morgan fingerprint density at radius 3 is 2.54 bits per heavy atom. The molecule has 1 aliphatic rings. The molecule has 1 saturated carbocycles. The van der Waals surface area contributed by atoms with Crippen LogP contribution in [0.4, 0.5) is 11.4 Å². The highest BCUT2D eigenvalue weighted by molar-refractivity contribution is 6.06. The fourth-order valence-electron chi connectivity index (χ4n) is 3.91. The second kappa shape index (κ2) is 8.48. The number of carbonyl (C=O) groups excluding carboxylic acids is 1. The molecule has 5 nitrogen and oxygen atoms in total. The molecule has 0 unspecified atom stereocenters. The first-order valence-corrected chi connectivity index (χ1v) is 9.89. The van der Waals surface area contributed by atoms with E-state index in [1.807, 2.05) is 48.5 Å². The van der Waals surface area contributed by atoms with Gasteiger partial charge in [-0.2, -0.15) is 0 Å². The number of anilines is 2. The van der Waals surface area contributed by atoms with Crippen LogP contribution in [-0.4, -0.2) is 19.6 Å². The van der Waals surface area contributed by atoms with E-state index < -0.39 is 0 Å². The van der Waals surface area contributed by atoms with E-state index >= 15 is 0 Å². The van der Waals surface area contributed by atoms with Gasteiger partial charge in [0.25, 0.3) is 5.91 Å². The highest BCUT2D eigenvalue weighted by Crippen LogP contribution is 2.28. The van der Waals surface area contributed by atoms with Crippen LogP contribution in [0.1, 0.15) is 41.8 Å². The van der Waals surface area contributed by atoms with E-state index in [9.17, 15) is 4.79 Å². The minimum atomic E-state index is -0.269. The molecular weight excluding hydrogens is 352 g/mol. The van der Waals surface area contributed by atoms with Gasteiger partial charge in [0, 0.05) is 36.0 Å². The van der Waals surface area contributed by atoms with Crippen molar-refractivity contribution in [1.29, 1.82) is 0 Å². The smallest absolute Gasteiger partial charge is 0.291 e. The van der Waals surface area contributed by atoms with Gasteiger partial charge in [-0.05, 0) is 49.1 Å². The summed E-state index contributed by atoms with van der Waals surface area (Å²) in [6, 6.07) is 15.4. The Morgan fingerprint density at radius 2 is 1.79 bits per heavy atom. The van der Waals surface area contributed by atoms with Crippen molar-refractivity contribution in [3.05, 3.63) is 59.9 Å². The minimum absolute atomic E-state index is 0.269. The molecule has 1 fully saturated rings. The second-order valence-electron chi connectivity index (χ2n) is 7.40. The molecule has 1 heterocycles. The normalized spacial score (nSPS) is 14.5. The van der Waals surface area contributed by atoms with Gasteiger partial charge in [-0.1, -0.05) is 31.0 Å². The Hall–Kier alpha value is -2.79. The van der Waals surface area contributed by atoms with E-state index in [2.05, 4.69) is 10.6 Å². The van der Waals surface area contributed by atoms with Crippen LogP contribution in [0.25, 0.3) is 11.0 Å². The molecular formula is C23H26N2O3. The zero-order valence-corrected chi connectivity index (χ0v) is 16.2. The average molecular weight is 378 g/mol. The van der Waals surface area contributed by atoms with Crippen LogP contribution in [0.3, 0.4) is 0 Å². The highest BCUT2D eigenvalue weighted by atomic mass is 16.5. The summed E-state index contributed by atoms with van der Waals surface area (Å²) in [7, 11) is 1.61. The maximum absolute atomic E-state index is 12.8. The average Bonchev–Trinajstić information content (AvgIpc) is 3.36. The fourth-order valence-corrected chi connectivity index (χ4v) is 3.91. The van der Waals surface area contributed by atoms with Gasteiger partial charge in [0.15, 0.2) is 5.76 Å². The van der Waals surface area contributed by atoms with Crippen molar-refractivity contribution >= 4 is 28.3 Å². The van der Waals surface area contributed by atoms with Crippen molar-refractivity contribution in [2.24, 2.45) is 5.92 Å². The van der Waals surface area contributed by atoms with Gasteiger partial charge in [0.2, 0.25) is 0 Å². The number of hydrogen-bond acceptors (Lipinski definition) is 4. The van der Waals surface area contributed by atoms with E-state index in [1.54, 1.807) is 7.11 Å². The summed E-state index contributed by atoms with van der Waals surface area (Å²) in [5.74, 6) is 0.813.